The standard InChI is InChI=1S/C13H13N3O2/c1-16-7-11-10(6-12(18)14-13(11)15-16)8-3-2-4-9(17)5-8/h2-5,7,10,17H,6H2,1H3,(H,14,15,18). The lowest BCUT2D eigenvalue weighted by Gasteiger charge is -2.21. The first-order valence-corrected chi connectivity index (χ1v) is 5.76. The smallest absolute Gasteiger partial charge is 0.226 e. The molecule has 0 saturated heterocycles. The number of nitrogens with zero attached hydrogens (tertiary/aromatic N) is 2. The molecule has 1 aromatic heterocycles. The summed E-state index contributed by atoms with van der Waals surface area (Å²) in [5.41, 5.74) is 1.92. The summed E-state index contributed by atoms with van der Waals surface area (Å²) in [4.78, 5) is 11.7. The summed E-state index contributed by atoms with van der Waals surface area (Å²) in [6.07, 6.45) is 2.28. The number of aromatic nitrogens is 2. The van der Waals surface area contributed by atoms with E-state index >= 15 is 0 Å². The second-order valence-electron chi connectivity index (χ2n) is 4.51. The Morgan fingerprint density at radius 1 is 1.50 bits per heavy atom. The number of phenolic OH excluding ortho intramolecular Hbond substituents is 1. The fraction of sp³-hybridized carbons (Fsp3) is 0.231. The van der Waals surface area contributed by atoms with E-state index in [1.165, 1.54) is 0 Å². The van der Waals surface area contributed by atoms with Crippen molar-refractivity contribution in [2.75, 3.05) is 5.32 Å². The molecule has 0 spiro atoms. The molecule has 1 aromatic carbocycles. The molecule has 1 atom stereocenters. The van der Waals surface area contributed by atoms with E-state index in [9.17, 15) is 9.90 Å². The Labute approximate surface area is 104 Å². The maximum Gasteiger partial charge on any atom is 0.226 e. The third kappa shape index (κ3) is 1.73. The van der Waals surface area contributed by atoms with Crippen LogP contribution in [-0.2, 0) is 11.8 Å². The number of benzene rings is 1. The van der Waals surface area contributed by atoms with Crippen molar-refractivity contribution in [3.8, 4) is 5.75 Å². The molecule has 5 nitrogen and oxygen atoms in total. The molecule has 0 aliphatic carbocycles. The molecule has 1 aliphatic heterocycles. The van der Waals surface area contributed by atoms with E-state index in [1.54, 1.807) is 22.9 Å². The van der Waals surface area contributed by atoms with Crippen LogP contribution >= 0.6 is 0 Å². The van der Waals surface area contributed by atoms with Gasteiger partial charge in [-0.15, -0.1) is 0 Å². The Morgan fingerprint density at radius 3 is 3.11 bits per heavy atom. The van der Waals surface area contributed by atoms with E-state index in [-0.39, 0.29) is 17.6 Å². The molecule has 0 bridgehead atoms. The number of amides is 1. The highest BCUT2D eigenvalue weighted by Gasteiger charge is 2.29. The molecule has 1 amide bonds. The molecule has 2 N–H and O–H groups in total. The highest BCUT2D eigenvalue weighted by molar-refractivity contribution is 5.94. The molecule has 1 unspecified atom stereocenters. The van der Waals surface area contributed by atoms with Crippen molar-refractivity contribution in [2.45, 2.75) is 12.3 Å². The number of nitrogens with one attached hydrogen (secondary N) is 1. The van der Waals surface area contributed by atoms with Crippen molar-refractivity contribution >= 4 is 11.7 Å². The Hall–Kier alpha value is -2.30. The number of aromatic hydroxyl groups is 1. The summed E-state index contributed by atoms with van der Waals surface area (Å²) in [5.74, 6) is 0.732. The number of aryl methyl sites for hydroxylation is 1. The lowest BCUT2D eigenvalue weighted by molar-refractivity contribution is -0.116. The van der Waals surface area contributed by atoms with Crippen LogP contribution in [0.1, 0.15) is 23.5 Å². The quantitative estimate of drug-likeness (QED) is 0.799. The highest BCUT2D eigenvalue weighted by atomic mass is 16.3. The maximum absolute atomic E-state index is 11.7. The monoisotopic (exact) mass is 243 g/mol. The van der Waals surface area contributed by atoms with Crippen molar-refractivity contribution in [1.82, 2.24) is 9.78 Å². The molecular formula is C13H13N3O2. The average molecular weight is 243 g/mol. The summed E-state index contributed by atoms with van der Waals surface area (Å²) in [6.45, 7) is 0. The van der Waals surface area contributed by atoms with Crippen LogP contribution in [0.2, 0.25) is 0 Å². The van der Waals surface area contributed by atoms with E-state index in [0.717, 1.165) is 11.1 Å². The van der Waals surface area contributed by atoms with Crippen LogP contribution in [0.15, 0.2) is 30.5 Å². The second kappa shape index (κ2) is 3.87. The molecule has 0 saturated carbocycles. The zero-order valence-corrected chi connectivity index (χ0v) is 9.92. The third-order valence-electron chi connectivity index (χ3n) is 3.15. The van der Waals surface area contributed by atoms with Gasteiger partial charge in [-0.2, -0.15) is 5.10 Å². The van der Waals surface area contributed by atoms with Crippen LogP contribution in [0.4, 0.5) is 5.82 Å². The fourth-order valence-electron chi connectivity index (χ4n) is 2.38. The number of carbonyl (C=O) groups is 1. The first kappa shape index (κ1) is 10.8. The normalized spacial score (nSPS) is 18.3. The molecule has 2 aromatic rings. The zero-order valence-electron chi connectivity index (χ0n) is 9.92. The van der Waals surface area contributed by atoms with Crippen LogP contribution in [0, 0.1) is 0 Å². The molecule has 18 heavy (non-hydrogen) atoms. The van der Waals surface area contributed by atoms with Gasteiger partial charge < -0.3 is 10.4 Å². The largest absolute Gasteiger partial charge is 0.508 e. The number of rotatable bonds is 1. The SMILES string of the molecule is Cn1cc2c(n1)NC(=O)CC2c1cccc(O)c1. The van der Waals surface area contributed by atoms with E-state index in [2.05, 4.69) is 10.4 Å². The van der Waals surface area contributed by atoms with Crippen molar-refractivity contribution < 1.29 is 9.90 Å². The van der Waals surface area contributed by atoms with Gasteiger partial charge in [-0.3, -0.25) is 9.48 Å². The number of anilines is 1. The zero-order chi connectivity index (χ0) is 12.7. The maximum atomic E-state index is 11.7. The van der Waals surface area contributed by atoms with E-state index in [1.807, 2.05) is 19.3 Å². The topological polar surface area (TPSA) is 67.2 Å². The number of hydrogen-bond acceptors (Lipinski definition) is 3. The average Bonchev–Trinajstić information content (AvgIpc) is 2.68. The minimum Gasteiger partial charge on any atom is -0.508 e. The predicted molar refractivity (Wildman–Crippen MR) is 66.4 cm³/mol. The molecule has 3 rings (SSSR count). The van der Waals surface area contributed by atoms with Crippen molar-refractivity contribution in [3.05, 3.63) is 41.6 Å². The summed E-state index contributed by atoms with van der Waals surface area (Å²) < 4.78 is 1.69. The molecule has 92 valence electrons. The highest BCUT2D eigenvalue weighted by Crippen LogP contribution is 2.36. The van der Waals surface area contributed by atoms with Gasteiger partial charge in [-0.25, -0.2) is 0 Å². The van der Waals surface area contributed by atoms with Gasteiger partial charge in [0.1, 0.15) is 5.75 Å². The number of phenols is 1. The van der Waals surface area contributed by atoms with Gasteiger partial charge in [0.05, 0.1) is 0 Å². The molecule has 0 radical (unpaired) electrons. The molecule has 5 heteroatoms. The number of fused-ring (bicyclic) bond motifs is 1. The molecule has 2 heterocycles. The molecule has 1 aliphatic rings. The van der Waals surface area contributed by atoms with Gasteiger partial charge >= 0.3 is 0 Å². The Balaban J connectivity index is 2.09. The Kier molecular flexibility index (Phi) is 2.33. The molecule has 0 fully saturated rings. The van der Waals surface area contributed by atoms with Gasteiger partial charge in [-0.05, 0) is 17.7 Å². The van der Waals surface area contributed by atoms with Crippen molar-refractivity contribution in [2.24, 2.45) is 7.05 Å². The van der Waals surface area contributed by atoms with Crippen LogP contribution in [0.3, 0.4) is 0 Å². The molecular weight excluding hydrogens is 230 g/mol. The van der Waals surface area contributed by atoms with Gasteiger partial charge in [0.15, 0.2) is 5.82 Å². The first-order valence-electron chi connectivity index (χ1n) is 5.76. The van der Waals surface area contributed by atoms with Crippen LogP contribution in [-0.4, -0.2) is 20.8 Å². The van der Waals surface area contributed by atoms with Gasteiger partial charge in [0, 0.05) is 31.1 Å². The Morgan fingerprint density at radius 2 is 2.33 bits per heavy atom. The summed E-state index contributed by atoms with van der Waals surface area (Å²) in [5, 5.41) is 16.5. The minimum atomic E-state index is -0.0467. The van der Waals surface area contributed by atoms with Gasteiger partial charge in [0.25, 0.3) is 0 Å². The predicted octanol–water partition coefficient (Wildman–Crippen LogP) is 1.60. The van der Waals surface area contributed by atoms with E-state index in [4.69, 9.17) is 0 Å². The van der Waals surface area contributed by atoms with Crippen LogP contribution in [0.5, 0.6) is 5.75 Å². The van der Waals surface area contributed by atoms with E-state index < -0.39 is 0 Å². The first-order chi connectivity index (χ1) is 8.63. The van der Waals surface area contributed by atoms with Crippen LogP contribution < -0.4 is 5.32 Å². The number of carbonyl (C=O) groups excluding carboxylic acids is 1. The summed E-state index contributed by atoms with van der Waals surface area (Å²) >= 11 is 0. The van der Waals surface area contributed by atoms with Crippen molar-refractivity contribution in [1.29, 1.82) is 0 Å². The minimum absolute atomic E-state index is 0.0467. The lowest BCUT2D eigenvalue weighted by atomic mass is 9.87. The third-order valence-corrected chi connectivity index (χ3v) is 3.15. The van der Waals surface area contributed by atoms with Gasteiger partial charge in [0.2, 0.25) is 5.91 Å². The van der Waals surface area contributed by atoms with E-state index in [0.29, 0.717) is 12.2 Å². The fourth-order valence-corrected chi connectivity index (χ4v) is 2.38. The second-order valence-corrected chi connectivity index (χ2v) is 4.51. The Bertz CT molecular complexity index is 618. The summed E-state index contributed by atoms with van der Waals surface area (Å²) in [6, 6.07) is 7.02. The lowest BCUT2D eigenvalue weighted by Crippen LogP contribution is -2.22. The van der Waals surface area contributed by atoms with Crippen LogP contribution in [0.25, 0.3) is 0 Å². The summed E-state index contributed by atoms with van der Waals surface area (Å²) in [7, 11) is 1.82. The number of hydrogen-bond donors (Lipinski definition) is 2. The van der Waals surface area contributed by atoms with Crippen molar-refractivity contribution in [3.63, 3.8) is 0 Å². The van der Waals surface area contributed by atoms with Gasteiger partial charge in [-0.1, -0.05) is 12.1 Å².